The van der Waals surface area contributed by atoms with Crippen LogP contribution in [-0.2, 0) is 0 Å². The largest absolute Gasteiger partial charge is 0.344 e. The normalized spacial score (nSPS) is 12.0. The molecule has 1 N–H and O–H groups in total. The second kappa shape index (κ2) is 6.57. The van der Waals surface area contributed by atoms with Gasteiger partial charge < -0.3 is 5.32 Å². The van der Waals surface area contributed by atoms with E-state index in [1.165, 1.54) is 0 Å². The Morgan fingerprint density at radius 1 is 1.30 bits per heavy atom. The molecule has 2 rings (SSSR count). The van der Waals surface area contributed by atoms with Gasteiger partial charge in [-0.25, -0.2) is 4.98 Å². The van der Waals surface area contributed by atoms with Crippen LogP contribution in [0.25, 0.3) is 0 Å². The smallest absolute Gasteiger partial charge is 0.270 e. The van der Waals surface area contributed by atoms with E-state index in [-0.39, 0.29) is 11.9 Å². The molecule has 104 valence electrons. The highest BCUT2D eigenvalue weighted by Gasteiger charge is 2.15. The third kappa shape index (κ3) is 3.72. The van der Waals surface area contributed by atoms with Crippen molar-refractivity contribution in [2.45, 2.75) is 13.0 Å². The number of carbonyl (C=O) groups excluding carboxylic acids is 1. The predicted octanol–water partition coefficient (Wildman–Crippen LogP) is 4.64. The highest BCUT2D eigenvalue weighted by Crippen LogP contribution is 2.26. The maximum atomic E-state index is 12.1. The van der Waals surface area contributed by atoms with Crippen LogP contribution in [0.5, 0.6) is 0 Å². The lowest BCUT2D eigenvalue weighted by Gasteiger charge is -2.15. The lowest BCUT2D eigenvalue weighted by atomic mass is 10.1. The van der Waals surface area contributed by atoms with Crippen molar-refractivity contribution in [3.8, 4) is 0 Å². The fourth-order valence-corrected chi connectivity index (χ4v) is 2.65. The van der Waals surface area contributed by atoms with E-state index >= 15 is 0 Å². The van der Waals surface area contributed by atoms with Gasteiger partial charge in [0, 0.05) is 10.0 Å². The third-order valence-corrected chi connectivity index (χ3v) is 3.73. The number of nitrogens with zero attached hydrogens (tertiary/aromatic N) is 1. The fraction of sp³-hybridized carbons (Fsp3) is 0.143. The van der Waals surface area contributed by atoms with Crippen LogP contribution in [-0.4, -0.2) is 10.9 Å². The Hall–Kier alpha value is -1.10. The van der Waals surface area contributed by atoms with Gasteiger partial charge in [-0.3, -0.25) is 4.79 Å². The quantitative estimate of drug-likeness (QED) is 0.796. The summed E-state index contributed by atoms with van der Waals surface area (Å²) >= 11 is 15.2. The van der Waals surface area contributed by atoms with Gasteiger partial charge in [-0.1, -0.05) is 35.3 Å². The molecule has 0 aliphatic rings. The minimum Gasteiger partial charge on any atom is -0.344 e. The van der Waals surface area contributed by atoms with Gasteiger partial charge in [-0.15, -0.1) is 0 Å². The van der Waals surface area contributed by atoms with Crippen LogP contribution in [0.15, 0.2) is 41.0 Å². The molecule has 0 aliphatic carbocycles. The lowest BCUT2D eigenvalue weighted by Crippen LogP contribution is -2.27. The molecular weight excluding hydrogens is 363 g/mol. The minimum atomic E-state index is -0.259. The molecule has 0 spiro atoms. The van der Waals surface area contributed by atoms with Gasteiger partial charge in [0.1, 0.15) is 10.3 Å². The number of nitrogens with one attached hydrogen (secondary N) is 1. The van der Waals surface area contributed by atoms with E-state index in [1.807, 2.05) is 6.92 Å². The molecule has 0 saturated carbocycles. The number of rotatable bonds is 3. The first kappa shape index (κ1) is 15.3. The SMILES string of the molecule is CC(NC(=O)c1cccc(Br)n1)c1ccc(Cl)cc1Cl. The van der Waals surface area contributed by atoms with Crippen molar-refractivity contribution < 1.29 is 4.79 Å². The van der Waals surface area contributed by atoms with Crippen molar-refractivity contribution in [2.24, 2.45) is 0 Å². The Morgan fingerprint density at radius 2 is 2.05 bits per heavy atom. The van der Waals surface area contributed by atoms with Gasteiger partial charge in [0.2, 0.25) is 0 Å². The van der Waals surface area contributed by atoms with E-state index in [0.717, 1.165) is 5.56 Å². The number of aromatic nitrogens is 1. The Labute approximate surface area is 135 Å². The summed E-state index contributed by atoms with van der Waals surface area (Å²) < 4.78 is 0.613. The van der Waals surface area contributed by atoms with E-state index in [4.69, 9.17) is 23.2 Å². The molecule has 1 unspecified atom stereocenters. The second-order valence-electron chi connectivity index (χ2n) is 4.21. The summed E-state index contributed by atoms with van der Waals surface area (Å²) in [6.45, 7) is 1.85. The molecular formula is C14H11BrCl2N2O. The molecule has 1 aromatic heterocycles. The van der Waals surface area contributed by atoms with Crippen LogP contribution in [0.3, 0.4) is 0 Å². The standard InChI is InChI=1S/C14H11BrCl2N2O/c1-8(10-6-5-9(16)7-11(10)17)18-14(20)12-3-2-4-13(15)19-12/h2-8H,1H3,(H,18,20). The lowest BCUT2D eigenvalue weighted by molar-refractivity contribution is 0.0934. The Balaban J connectivity index is 2.15. The Bertz CT molecular complexity index is 649. The van der Waals surface area contributed by atoms with Crippen LogP contribution >= 0.6 is 39.1 Å². The van der Waals surface area contributed by atoms with Crippen LogP contribution < -0.4 is 5.32 Å². The van der Waals surface area contributed by atoms with Crippen LogP contribution in [0.1, 0.15) is 29.0 Å². The first-order valence-corrected chi connectivity index (χ1v) is 7.40. The van der Waals surface area contributed by atoms with Crippen LogP contribution in [0.4, 0.5) is 0 Å². The monoisotopic (exact) mass is 372 g/mol. The average molecular weight is 374 g/mol. The summed E-state index contributed by atoms with van der Waals surface area (Å²) in [6, 6.07) is 10.1. The molecule has 0 saturated heterocycles. The van der Waals surface area contributed by atoms with Crippen molar-refractivity contribution >= 4 is 45.0 Å². The predicted molar refractivity (Wildman–Crippen MR) is 84.3 cm³/mol. The molecule has 0 radical (unpaired) electrons. The summed E-state index contributed by atoms with van der Waals surface area (Å²) in [5, 5.41) is 3.93. The zero-order valence-electron chi connectivity index (χ0n) is 10.5. The molecule has 1 amide bonds. The topological polar surface area (TPSA) is 42.0 Å². The highest BCUT2D eigenvalue weighted by molar-refractivity contribution is 9.10. The van der Waals surface area contributed by atoms with Crippen molar-refractivity contribution in [3.05, 3.63) is 62.3 Å². The average Bonchev–Trinajstić information content (AvgIpc) is 2.38. The second-order valence-corrected chi connectivity index (χ2v) is 5.86. The summed E-state index contributed by atoms with van der Waals surface area (Å²) in [7, 11) is 0. The number of halogens is 3. The molecule has 0 aliphatic heterocycles. The van der Waals surface area contributed by atoms with Crippen molar-refractivity contribution in [2.75, 3.05) is 0 Å². The number of hydrogen-bond acceptors (Lipinski definition) is 2. The van der Waals surface area contributed by atoms with E-state index in [9.17, 15) is 4.79 Å². The first-order chi connectivity index (χ1) is 9.47. The third-order valence-electron chi connectivity index (χ3n) is 2.72. The van der Waals surface area contributed by atoms with E-state index < -0.39 is 0 Å². The molecule has 1 atom stereocenters. The maximum absolute atomic E-state index is 12.1. The molecule has 1 aromatic carbocycles. The van der Waals surface area contributed by atoms with Crippen LogP contribution in [0.2, 0.25) is 10.0 Å². The van der Waals surface area contributed by atoms with Crippen LogP contribution in [0, 0.1) is 0 Å². The Morgan fingerprint density at radius 3 is 2.70 bits per heavy atom. The molecule has 6 heteroatoms. The molecule has 1 heterocycles. The van der Waals surface area contributed by atoms with E-state index in [1.54, 1.807) is 36.4 Å². The number of pyridine rings is 1. The Kier molecular flexibility index (Phi) is 5.02. The minimum absolute atomic E-state index is 0.243. The number of hydrogen-bond donors (Lipinski definition) is 1. The van der Waals surface area contributed by atoms with Gasteiger partial charge in [-0.05, 0) is 52.7 Å². The molecule has 0 bridgehead atoms. The van der Waals surface area contributed by atoms with Crippen molar-refractivity contribution in [1.29, 1.82) is 0 Å². The zero-order valence-corrected chi connectivity index (χ0v) is 13.6. The number of carbonyl (C=O) groups is 1. The van der Waals surface area contributed by atoms with Crippen molar-refractivity contribution in [1.82, 2.24) is 10.3 Å². The van der Waals surface area contributed by atoms with Gasteiger partial charge in [0.05, 0.1) is 6.04 Å². The molecule has 20 heavy (non-hydrogen) atoms. The summed E-state index contributed by atoms with van der Waals surface area (Å²) in [5.41, 5.74) is 1.15. The van der Waals surface area contributed by atoms with Gasteiger partial charge in [-0.2, -0.15) is 0 Å². The van der Waals surface area contributed by atoms with Gasteiger partial charge >= 0.3 is 0 Å². The zero-order chi connectivity index (χ0) is 14.7. The maximum Gasteiger partial charge on any atom is 0.270 e. The molecule has 0 fully saturated rings. The highest BCUT2D eigenvalue weighted by atomic mass is 79.9. The first-order valence-electron chi connectivity index (χ1n) is 5.86. The number of amides is 1. The van der Waals surface area contributed by atoms with E-state index in [0.29, 0.717) is 20.3 Å². The summed E-state index contributed by atoms with van der Waals surface area (Å²) in [5.74, 6) is -0.259. The fourth-order valence-electron chi connectivity index (χ4n) is 1.74. The summed E-state index contributed by atoms with van der Waals surface area (Å²) in [4.78, 5) is 16.2. The molecule has 2 aromatic rings. The van der Waals surface area contributed by atoms with Crippen molar-refractivity contribution in [3.63, 3.8) is 0 Å². The van der Waals surface area contributed by atoms with E-state index in [2.05, 4.69) is 26.2 Å². The molecule has 3 nitrogen and oxygen atoms in total. The number of benzene rings is 1. The summed E-state index contributed by atoms with van der Waals surface area (Å²) in [6.07, 6.45) is 0. The van der Waals surface area contributed by atoms with Gasteiger partial charge in [0.15, 0.2) is 0 Å². The van der Waals surface area contributed by atoms with Gasteiger partial charge in [0.25, 0.3) is 5.91 Å².